The lowest BCUT2D eigenvalue weighted by Gasteiger charge is -2.09. The number of amides is 1. The van der Waals surface area contributed by atoms with Crippen molar-refractivity contribution in [3.63, 3.8) is 0 Å². The Morgan fingerprint density at radius 3 is 2.59 bits per heavy atom. The van der Waals surface area contributed by atoms with Crippen LogP contribution in [0.15, 0.2) is 72.0 Å². The molecule has 0 aliphatic heterocycles. The van der Waals surface area contributed by atoms with Crippen molar-refractivity contribution in [2.75, 3.05) is 6.54 Å². The molecule has 2 aromatic heterocycles. The fourth-order valence-corrected chi connectivity index (χ4v) is 3.63. The van der Waals surface area contributed by atoms with E-state index in [1.54, 1.807) is 24.7 Å². The van der Waals surface area contributed by atoms with Crippen molar-refractivity contribution >= 4 is 15.9 Å². The van der Waals surface area contributed by atoms with E-state index in [1.807, 2.05) is 18.2 Å². The topological polar surface area (TPSA) is 101 Å². The Hall–Kier alpha value is -3.17. The predicted octanol–water partition coefficient (Wildman–Crippen LogP) is 2.27. The van der Waals surface area contributed by atoms with Crippen LogP contribution in [0.3, 0.4) is 0 Å². The van der Waals surface area contributed by atoms with Crippen molar-refractivity contribution in [1.82, 2.24) is 20.0 Å². The summed E-state index contributed by atoms with van der Waals surface area (Å²) in [7, 11) is -3.87. The Morgan fingerprint density at radius 1 is 1.03 bits per heavy atom. The highest BCUT2D eigenvalue weighted by Crippen LogP contribution is 2.16. The Morgan fingerprint density at radius 2 is 1.83 bits per heavy atom. The molecule has 7 nitrogen and oxygen atoms in total. The molecule has 0 aliphatic carbocycles. The van der Waals surface area contributed by atoms with E-state index in [-0.39, 0.29) is 30.3 Å². The van der Waals surface area contributed by atoms with Crippen LogP contribution >= 0.6 is 0 Å². The van der Waals surface area contributed by atoms with Crippen LogP contribution in [0.2, 0.25) is 0 Å². The van der Waals surface area contributed by atoms with Crippen molar-refractivity contribution in [3.05, 3.63) is 78.5 Å². The fraction of sp³-hybridized carbons (Fsp3) is 0.150. The minimum Gasteiger partial charge on any atom is -0.352 e. The van der Waals surface area contributed by atoms with Gasteiger partial charge in [-0.1, -0.05) is 6.07 Å². The standard InChI is InChI=1S/C20H19FN4O3S/c21-17-2-1-3-18(13-17)29(27,28)25-11-7-20(26)24-14-15-4-10-23-19(12-15)16-5-8-22-9-6-16/h1-6,8-10,12-13,25H,7,11,14H2,(H,24,26). The smallest absolute Gasteiger partial charge is 0.240 e. The van der Waals surface area contributed by atoms with Gasteiger partial charge in [0.25, 0.3) is 0 Å². The van der Waals surface area contributed by atoms with Crippen molar-refractivity contribution < 1.29 is 17.6 Å². The molecule has 2 N–H and O–H groups in total. The van der Waals surface area contributed by atoms with E-state index >= 15 is 0 Å². The summed E-state index contributed by atoms with van der Waals surface area (Å²) in [6.45, 7) is 0.194. The molecule has 0 unspecified atom stereocenters. The number of sulfonamides is 1. The summed E-state index contributed by atoms with van der Waals surface area (Å²) in [6, 6.07) is 12.0. The first-order valence-electron chi connectivity index (χ1n) is 8.81. The third-order valence-electron chi connectivity index (χ3n) is 4.04. The van der Waals surface area contributed by atoms with Crippen molar-refractivity contribution in [1.29, 1.82) is 0 Å². The van der Waals surface area contributed by atoms with Gasteiger partial charge in [-0.05, 0) is 48.0 Å². The van der Waals surface area contributed by atoms with Gasteiger partial charge >= 0.3 is 0 Å². The number of hydrogen-bond acceptors (Lipinski definition) is 5. The molecule has 0 fully saturated rings. The second kappa shape index (κ2) is 9.35. The zero-order chi connectivity index (χ0) is 20.7. The highest BCUT2D eigenvalue weighted by Gasteiger charge is 2.14. The number of carbonyl (C=O) groups excluding carboxylic acids is 1. The maximum absolute atomic E-state index is 13.2. The molecule has 9 heteroatoms. The van der Waals surface area contributed by atoms with Crippen LogP contribution in [0.25, 0.3) is 11.3 Å². The summed E-state index contributed by atoms with van der Waals surface area (Å²) in [5.74, 6) is -0.955. The van der Waals surface area contributed by atoms with Crippen molar-refractivity contribution in [2.45, 2.75) is 17.9 Å². The lowest BCUT2D eigenvalue weighted by atomic mass is 10.1. The monoisotopic (exact) mass is 414 g/mol. The van der Waals surface area contributed by atoms with Crippen LogP contribution in [0.4, 0.5) is 4.39 Å². The van der Waals surface area contributed by atoms with Gasteiger partial charge in [0.05, 0.1) is 10.6 Å². The first-order valence-corrected chi connectivity index (χ1v) is 10.3. The Kier molecular flexibility index (Phi) is 6.63. The van der Waals surface area contributed by atoms with E-state index in [2.05, 4.69) is 20.0 Å². The maximum atomic E-state index is 13.2. The minimum atomic E-state index is -3.87. The SMILES string of the molecule is O=C(CCNS(=O)(=O)c1cccc(F)c1)NCc1ccnc(-c2ccncc2)c1. The van der Waals surface area contributed by atoms with E-state index in [4.69, 9.17) is 0 Å². The minimum absolute atomic E-state index is 0.0448. The Labute approximate surface area is 168 Å². The number of rotatable bonds is 8. The number of halogens is 1. The fourth-order valence-electron chi connectivity index (χ4n) is 2.57. The van der Waals surface area contributed by atoms with Gasteiger partial charge in [0.2, 0.25) is 15.9 Å². The van der Waals surface area contributed by atoms with Gasteiger partial charge in [0.1, 0.15) is 5.82 Å². The number of carbonyl (C=O) groups is 1. The molecule has 1 aromatic carbocycles. The molecular formula is C20H19FN4O3S. The van der Waals surface area contributed by atoms with Gasteiger partial charge in [0, 0.05) is 43.7 Å². The summed E-state index contributed by atoms with van der Waals surface area (Å²) in [4.78, 5) is 20.1. The molecule has 0 spiro atoms. The van der Waals surface area contributed by atoms with Gasteiger partial charge in [-0.25, -0.2) is 17.5 Å². The normalized spacial score (nSPS) is 11.2. The summed E-state index contributed by atoms with van der Waals surface area (Å²) in [5.41, 5.74) is 2.54. The molecule has 0 aliphatic rings. The number of nitrogens with one attached hydrogen (secondary N) is 2. The van der Waals surface area contributed by atoms with Crippen LogP contribution in [-0.2, 0) is 21.4 Å². The lowest BCUT2D eigenvalue weighted by Crippen LogP contribution is -2.30. The largest absolute Gasteiger partial charge is 0.352 e. The van der Waals surface area contributed by atoms with E-state index in [9.17, 15) is 17.6 Å². The molecule has 0 radical (unpaired) electrons. The Balaban J connectivity index is 1.49. The molecule has 29 heavy (non-hydrogen) atoms. The molecule has 0 saturated carbocycles. The zero-order valence-corrected chi connectivity index (χ0v) is 16.2. The summed E-state index contributed by atoms with van der Waals surface area (Å²) in [6.07, 6.45) is 4.97. The first kappa shape index (κ1) is 20.6. The number of benzene rings is 1. The Bertz CT molecular complexity index is 1090. The predicted molar refractivity (Wildman–Crippen MR) is 106 cm³/mol. The molecule has 3 aromatic rings. The highest BCUT2D eigenvalue weighted by molar-refractivity contribution is 7.89. The molecule has 2 heterocycles. The number of hydrogen-bond donors (Lipinski definition) is 2. The van der Waals surface area contributed by atoms with Crippen LogP contribution in [-0.4, -0.2) is 30.8 Å². The maximum Gasteiger partial charge on any atom is 0.240 e. The summed E-state index contributed by atoms with van der Waals surface area (Å²) >= 11 is 0. The number of aromatic nitrogens is 2. The quantitative estimate of drug-likeness (QED) is 0.589. The van der Waals surface area contributed by atoms with Crippen LogP contribution in [0.5, 0.6) is 0 Å². The third kappa shape index (κ3) is 5.90. The van der Waals surface area contributed by atoms with E-state index in [0.29, 0.717) is 0 Å². The van der Waals surface area contributed by atoms with E-state index < -0.39 is 15.8 Å². The lowest BCUT2D eigenvalue weighted by molar-refractivity contribution is -0.121. The molecule has 0 saturated heterocycles. The van der Waals surface area contributed by atoms with Gasteiger partial charge in [0.15, 0.2) is 0 Å². The molecule has 1 amide bonds. The molecule has 3 rings (SSSR count). The van der Waals surface area contributed by atoms with Crippen LogP contribution in [0.1, 0.15) is 12.0 Å². The van der Waals surface area contributed by atoms with Gasteiger partial charge in [-0.3, -0.25) is 14.8 Å². The van der Waals surface area contributed by atoms with Crippen molar-refractivity contribution in [2.24, 2.45) is 0 Å². The van der Waals surface area contributed by atoms with Gasteiger partial charge in [-0.2, -0.15) is 0 Å². The van der Waals surface area contributed by atoms with Crippen molar-refractivity contribution in [3.8, 4) is 11.3 Å². The molecule has 0 bridgehead atoms. The van der Waals surface area contributed by atoms with Gasteiger partial charge < -0.3 is 5.32 Å². The van der Waals surface area contributed by atoms with Crippen LogP contribution < -0.4 is 10.0 Å². The van der Waals surface area contributed by atoms with E-state index in [0.717, 1.165) is 29.0 Å². The molecular weight excluding hydrogens is 395 g/mol. The zero-order valence-electron chi connectivity index (χ0n) is 15.4. The first-order chi connectivity index (χ1) is 13.9. The van der Waals surface area contributed by atoms with Crippen LogP contribution in [0, 0.1) is 5.82 Å². The molecule has 0 atom stereocenters. The summed E-state index contributed by atoms with van der Waals surface area (Å²) < 4.78 is 39.7. The van der Waals surface area contributed by atoms with Gasteiger partial charge in [-0.15, -0.1) is 0 Å². The highest BCUT2D eigenvalue weighted by atomic mass is 32.2. The third-order valence-corrected chi connectivity index (χ3v) is 5.50. The second-order valence-corrected chi connectivity index (χ2v) is 7.93. The average molecular weight is 414 g/mol. The number of pyridine rings is 2. The summed E-state index contributed by atoms with van der Waals surface area (Å²) in [5, 5.41) is 2.74. The average Bonchev–Trinajstić information content (AvgIpc) is 2.73. The second-order valence-electron chi connectivity index (χ2n) is 6.17. The number of nitrogens with zero attached hydrogens (tertiary/aromatic N) is 2. The molecule has 150 valence electrons. The van der Waals surface area contributed by atoms with E-state index in [1.165, 1.54) is 12.1 Å².